The van der Waals surface area contributed by atoms with Crippen LogP contribution in [0.4, 0.5) is 0 Å². The van der Waals surface area contributed by atoms with E-state index in [1.54, 1.807) is 6.20 Å². The fourth-order valence-corrected chi connectivity index (χ4v) is 3.07. The quantitative estimate of drug-likeness (QED) is 0.686. The van der Waals surface area contributed by atoms with Crippen LogP contribution in [0.25, 0.3) is 5.13 Å². The van der Waals surface area contributed by atoms with E-state index in [1.807, 2.05) is 35.9 Å². The number of hydrogen-bond acceptors (Lipinski definition) is 6. The predicted molar refractivity (Wildman–Crippen MR) is 80.0 cm³/mol. The smallest absolute Gasteiger partial charge is 0.252 e. The molecule has 0 saturated heterocycles. The molecule has 0 spiro atoms. The molecule has 22 heavy (non-hydrogen) atoms. The Bertz CT molecular complexity index is 868. The van der Waals surface area contributed by atoms with Gasteiger partial charge >= 0.3 is 0 Å². The zero-order chi connectivity index (χ0) is 15.7. The number of carbonyl (C=O) groups is 1. The summed E-state index contributed by atoms with van der Waals surface area (Å²) in [5.74, 6) is -0.0219. The molecule has 0 atom stereocenters. The lowest BCUT2D eigenvalue weighted by molar-refractivity contribution is 0.0967. The maximum atomic E-state index is 12.5. The summed E-state index contributed by atoms with van der Waals surface area (Å²) in [5.41, 5.74) is 2.42. The first-order valence-corrected chi connectivity index (χ1v) is 7.39. The second-order valence-electron chi connectivity index (χ2n) is 4.74. The van der Waals surface area contributed by atoms with Crippen LogP contribution < -0.4 is 0 Å². The molecule has 0 unspecified atom stereocenters. The van der Waals surface area contributed by atoms with Crippen LogP contribution in [0.15, 0.2) is 24.0 Å². The van der Waals surface area contributed by atoms with E-state index in [-0.39, 0.29) is 18.2 Å². The summed E-state index contributed by atoms with van der Waals surface area (Å²) >= 11 is 1.52. The highest BCUT2D eigenvalue weighted by Crippen LogP contribution is 2.22. The van der Waals surface area contributed by atoms with E-state index in [9.17, 15) is 4.79 Å². The van der Waals surface area contributed by atoms with E-state index < -0.39 is 0 Å². The van der Waals surface area contributed by atoms with Gasteiger partial charge in [0.05, 0.1) is 0 Å². The fraction of sp³-hybridized carbons (Fsp3) is 0.214. The first kappa shape index (κ1) is 14.2. The van der Waals surface area contributed by atoms with Crippen LogP contribution >= 0.6 is 11.3 Å². The van der Waals surface area contributed by atoms with Crippen LogP contribution in [0.2, 0.25) is 0 Å². The van der Waals surface area contributed by atoms with Crippen molar-refractivity contribution in [3.05, 3.63) is 46.7 Å². The number of rotatable bonds is 4. The summed E-state index contributed by atoms with van der Waals surface area (Å²) in [7, 11) is 0. The van der Waals surface area contributed by atoms with Crippen molar-refractivity contribution in [1.82, 2.24) is 24.3 Å². The molecular formula is C14H12N6OS. The van der Waals surface area contributed by atoms with Crippen molar-refractivity contribution in [1.29, 1.82) is 5.26 Å². The molecule has 8 heteroatoms. The Morgan fingerprint density at radius 1 is 1.41 bits per heavy atom. The maximum Gasteiger partial charge on any atom is 0.252 e. The molecule has 0 aliphatic rings. The topological polar surface area (TPSA) is 89.4 Å². The van der Waals surface area contributed by atoms with Gasteiger partial charge in [-0.1, -0.05) is 0 Å². The van der Waals surface area contributed by atoms with Crippen molar-refractivity contribution >= 4 is 17.1 Å². The van der Waals surface area contributed by atoms with Crippen molar-refractivity contribution in [2.75, 3.05) is 0 Å². The largest absolute Gasteiger partial charge is 0.294 e. The lowest BCUT2D eigenvalue weighted by atomic mass is 10.1. The number of aryl methyl sites for hydroxylation is 1. The molecule has 0 saturated carbocycles. The van der Waals surface area contributed by atoms with Crippen molar-refractivity contribution in [3.8, 4) is 11.2 Å². The Labute approximate surface area is 130 Å². The Morgan fingerprint density at radius 3 is 2.86 bits per heavy atom. The number of nitriles is 1. The van der Waals surface area contributed by atoms with Gasteiger partial charge < -0.3 is 0 Å². The zero-order valence-electron chi connectivity index (χ0n) is 12.0. The minimum Gasteiger partial charge on any atom is -0.294 e. The van der Waals surface area contributed by atoms with Gasteiger partial charge in [-0.2, -0.15) is 5.26 Å². The fourth-order valence-electron chi connectivity index (χ4n) is 2.32. The Kier molecular flexibility index (Phi) is 3.56. The second-order valence-corrected chi connectivity index (χ2v) is 5.61. The molecule has 0 bridgehead atoms. The number of nitrogens with zero attached hydrogens (tertiary/aromatic N) is 6. The third-order valence-corrected chi connectivity index (χ3v) is 4.04. The van der Waals surface area contributed by atoms with Crippen LogP contribution in [0.3, 0.4) is 0 Å². The van der Waals surface area contributed by atoms with Crippen LogP contribution in [-0.2, 0) is 6.54 Å². The molecule has 0 fully saturated rings. The van der Waals surface area contributed by atoms with Gasteiger partial charge in [0.25, 0.3) is 5.82 Å². The minimum absolute atomic E-state index is 0.0524. The second kappa shape index (κ2) is 5.54. The third kappa shape index (κ3) is 2.42. The SMILES string of the molecule is Cc1cc(C(=O)Cn2cnc(C#N)n2)c(C)n1-c1nccs1. The average Bonchev–Trinajstić information content (AvgIpc) is 3.20. The molecule has 0 aliphatic heterocycles. The number of ketones is 1. The first-order valence-electron chi connectivity index (χ1n) is 6.51. The Morgan fingerprint density at radius 2 is 2.23 bits per heavy atom. The number of Topliss-reactive ketones (excluding diaryl/α,β-unsaturated/α-hetero) is 1. The molecule has 0 radical (unpaired) electrons. The summed E-state index contributed by atoms with van der Waals surface area (Å²) in [6, 6.07) is 3.69. The zero-order valence-corrected chi connectivity index (χ0v) is 12.8. The number of carbonyl (C=O) groups excluding carboxylic acids is 1. The van der Waals surface area contributed by atoms with Crippen LogP contribution in [0.5, 0.6) is 0 Å². The van der Waals surface area contributed by atoms with Crippen molar-refractivity contribution in [3.63, 3.8) is 0 Å². The Hall–Kier alpha value is -2.79. The highest BCUT2D eigenvalue weighted by atomic mass is 32.1. The molecule has 3 heterocycles. The number of hydrogen-bond donors (Lipinski definition) is 0. The minimum atomic E-state index is -0.0784. The molecule has 0 aliphatic carbocycles. The van der Waals surface area contributed by atoms with E-state index in [4.69, 9.17) is 5.26 Å². The highest BCUT2D eigenvalue weighted by molar-refractivity contribution is 7.12. The van der Waals surface area contributed by atoms with Crippen LogP contribution in [0, 0.1) is 25.2 Å². The van der Waals surface area contributed by atoms with Gasteiger partial charge in [-0.3, -0.25) is 9.36 Å². The normalized spacial score (nSPS) is 10.6. The lowest BCUT2D eigenvalue weighted by Crippen LogP contribution is -2.12. The van der Waals surface area contributed by atoms with Gasteiger partial charge in [-0.15, -0.1) is 16.4 Å². The van der Waals surface area contributed by atoms with Crippen LogP contribution in [-0.4, -0.2) is 30.1 Å². The Balaban J connectivity index is 1.90. The standard InChI is InChI=1S/C14H12N6OS/c1-9-5-11(10(2)20(9)14-16-3-4-22-14)12(21)7-19-8-17-13(6-15)18-19/h3-5,8H,7H2,1-2H3. The molecule has 3 aromatic rings. The molecule has 110 valence electrons. The molecule has 0 aromatic carbocycles. The molecule has 0 amide bonds. The van der Waals surface area contributed by atoms with E-state index in [1.165, 1.54) is 22.3 Å². The third-order valence-electron chi connectivity index (χ3n) is 3.28. The van der Waals surface area contributed by atoms with E-state index in [2.05, 4.69) is 15.1 Å². The average molecular weight is 312 g/mol. The van der Waals surface area contributed by atoms with E-state index >= 15 is 0 Å². The monoisotopic (exact) mass is 312 g/mol. The van der Waals surface area contributed by atoms with Gasteiger partial charge in [0, 0.05) is 28.5 Å². The van der Waals surface area contributed by atoms with Gasteiger partial charge in [-0.05, 0) is 19.9 Å². The predicted octanol–water partition coefficient (Wildman–Crippen LogP) is 1.90. The summed E-state index contributed by atoms with van der Waals surface area (Å²) in [5, 5.41) is 15.4. The summed E-state index contributed by atoms with van der Waals surface area (Å²) in [4.78, 5) is 20.5. The number of thiazole rings is 1. The van der Waals surface area contributed by atoms with Crippen LogP contribution in [0.1, 0.15) is 27.6 Å². The van der Waals surface area contributed by atoms with E-state index in [0.29, 0.717) is 5.56 Å². The van der Waals surface area contributed by atoms with Crippen molar-refractivity contribution < 1.29 is 4.79 Å². The van der Waals surface area contributed by atoms with Gasteiger partial charge in [0.2, 0.25) is 0 Å². The van der Waals surface area contributed by atoms with Crippen molar-refractivity contribution in [2.24, 2.45) is 0 Å². The highest BCUT2D eigenvalue weighted by Gasteiger charge is 2.18. The summed E-state index contributed by atoms with van der Waals surface area (Å²) in [6.45, 7) is 3.88. The van der Waals surface area contributed by atoms with Gasteiger partial charge in [0.1, 0.15) is 18.9 Å². The molecule has 0 N–H and O–H groups in total. The summed E-state index contributed by atoms with van der Waals surface area (Å²) < 4.78 is 3.33. The molecular weight excluding hydrogens is 300 g/mol. The molecule has 3 aromatic heterocycles. The van der Waals surface area contributed by atoms with Gasteiger partial charge in [0.15, 0.2) is 10.9 Å². The molecule has 3 rings (SSSR count). The summed E-state index contributed by atoms with van der Waals surface area (Å²) in [6.07, 6.45) is 3.12. The lowest BCUT2D eigenvalue weighted by Gasteiger charge is -2.05. The van der Waals surface area contributed by atoms with Gasteiger partial charge in [-0.25, -0.2) is 14.6 Å². The number of aromatic nitrogens is 5. The van der Waals surface area contributed by atoms with E-state index in [0.717, 1.165) is 16.5 Å². The molecule has 7 nitrogen and oxygen atoms in total. The van der Waals surface area contributed by atoms with Crippen molar-refractivity contribution in [2.45, 2.75) is 20.4 Å². The maximum absolute atomic E-state index is 12.5. The first-order chi connectivity index (χ1) is 10.6.